The van der Waals surface area contributed by atoms with E-state index < -0.39 is 0 Å². The Balaban J connectivity index is 1.68. The molecule has 0 radical (unpaired) electrons. The normalized spacial score (nSPS) is 19.0. The van der Waals surface area contributed by atoms with Crippen molar-refractivity contribution in [1.82, 2.24) is 9.47 Å². The van der Waals surface area contributed by atoms with Crippen LogP contribution in [0.5, 0.6) is 0 Å². The van der Waals surface area contributed by atoms with Crippen LogP contribution in [0, 0.1) is 0 Å². The molecule has 5 heteroatoms. The van der Waals surface area contributed by atoms with E-state index in [1.54, 1.807) is 4.57 Å². The summed E-state index contributed by atoms with van der Waals surface area (Å²) in [7, 11) is 0. The highest BCUT2D eigenvalue weighted by atomic mass is 16.5. The van der Waals surface area contributed by atoms with E-state index in [1.807, 2.05) is 24.3 Å². The van der Waals surface area contributed by atoms with E-state index in [-0.39, 0.29) is 5.76 Å². The largest absolute Gasteiger partial charge is 0.419 e. The molecule has 1 aliphatic heterocycles. The first-order valence-corrected chi connectivity index (χ1v) is 8.59. The average molecular weight is 318 g/mol. The van der Waals surface area contributed by atoms with E-state index in [9.17, 15) is 4.79 Å². The number of hydrogen-bond donors (Lipinski definition) is 0. The Morgan fingerprint density at radius 3 is 2.87 bits per heavy atom. The van der Waals surface area contributed by atoms with Crippen molar-refractivity contribution in [2.24, 2.45) is 0 Å². The van der Waals surface area contributed by atoms with E-state index in [2.05, 4.69) is 18.7 Å². The number of hydrogen-bond acceptors (Lipinski definition) is 4. The number of rotatable bonds is 6. The van der Waals surface area contributed by atoms with Crippen LogP contribution in [0.1, 0.15) is 33.1 Å². The molecule has 0 aliphatic carbocycles. The van der Waals surface area contributed by atoms with Crippen LogP contribution < -0.4 is 5.76 Å². The van der Waals surface area contributed by atoms with Crippen LogP contribution in [0.25, 0.3) is 11.1 Å². The minimum atomic E-state index is -0.274. The zero-order valence-electron chi connectivity index (χ0n) is 14.0. The topological polar surface area (TPSA) is 47.6 Å². The molecule has 1 atom stereocenters. The molecule has 5 nitrogen and oxygen atoms in total. The number of fused-ring (bicyclic) bond motifs is 1. The molecule has 0 bridgehead atoms. The van der Waals surface area contributed by atoms with Gasteiger partial charge >= 0.3 is 5.76 Å². The Labute approximate surface area is 136 Å². The molecular formula is C18H26N2O3. The van der Waals surface area contributed by atoms with Gasteiger partial charge in [-0.1, -0.05) is 12.1 Å². The second-order valence-corrected chi connectivity index (χ2v) is 6.56. The lowest BCUT2D eigenvalue weighted by atomic mass is 10.1. The van der Waals surface area contributed by atoms with Crippen molar-refractivity contribution in [2.45, 2.75) is 51.8 Å². The Bertz CT molecular complexity index is 683. The van der Waals surface area contributed by atoms with Gasteiger partial charge in [0.05, 0.1) is 11.6 Å². The molecule has 0 N–H and O–H groups in total. The molecule has 0 spiro atoms. The Morgan fingerprint density at radius 1 is 1.30 bits per heavy atom. The third-order valence-corrected chi connectivity index (χ3v) is 4.63. The molecule has 2 heterocycles. The van der Waals surface area contributed by atoms with Gasteiger partial charge in [0.1, 0.15) is 0 Å². The van der Waals surface area contributed by atoms with Gasteiger partial charge in [0.2, 0.25) is 0 Å². The first-order valence-electron chi connectivity index (χ1n) is 8.59. The summed E-state index contributed by atoms with van der Waals surface area (Å²) >= 11 is 0. The van der Waals surface area contributed by atoms with Gasteiger partial charge in [-0.15, -0.1) is 0 Å². The van der Waals surface area contributed by atoms with E-state index in [0.717, 1.165) is 31.6 Å². The molecule has 1 unspecified atom stereocenters. The van der Waals surface area contributed by atoms with Gasteiger partial charge in [0, 0.05) is 32.3 Å². The van der Waals surface area contributed by atoms with E-state index >= 15 is 0 Å². The maximum absolute atomic E-state index is 12.1. The fourth-order valence-electron chi connectivity index (χ4n) is 3.23. The molecule has 1 aromatic heterocycles. The lowest BCUT2D eigenvalue weighted by Crippen LogP contribution is -2.42. The maximum atomic E-state index is 12.1. The van der Waals surface area contributed by atoms with Crippen molar-refractivity contribution in [1.29, 1.82) is 0 Å². The molecule has 1 fully saturated rings. The highest BCUT2D eigenvalue weighted by molar-refractivity contribution is 5.72. The second kappa shape index (κ2) is 7.32. The summed E-state index contributed by atoms with van der Waals surface area (Å²) in [5.41, 5.74) is 1.53. The summed E-state index contributed by atoms with van der Waals surface area (Å²) in [5.74, 6) is -0.274. The number of oxazole rings is 1. The first kappa shape index (κ1) is 16.3. The molecule has 126 valence electrons. The van der Waals surface area contributed by atoms with Gasteiger partial charge < -0.3 is 9.15 Å². The van der Waals surface area contributed by atoms with Crippen molar-refractivity contribution in [2.75, 3.05) is 19.7 Å². The fraction of sp³-hybridized carbons (Fsp3) is 0.611. The van der Waals surface area contributed by atoms with Crippen LogP contribution >= 0.6 is 0 Å². The Hall–Kier alpha value is -1.59. The van der Waals surface area contributed by atoms with Crippen LogP contribution in [0.3, 0.4) is 0 Å². The van der Waals surface area contributed by atoms with Gasteiger partial charge in [-0.25, -0.2) is 4.79 Å². The van der Waals surface area contributed by atoms with Gasteiger partial charge in [-0.2, -0.15) is 0 Å². The summed E-state index contributed by atoms with van der Waals surface area (Å²) < 4.78 is 12.9. The van der Waals surface area contributed by atoms with Gasteiger partial charge in [-0.05, 0) is 45.2 Å². The standard InChI is InChI=1S/C18H26N2O3/c1-14(2)19(13-15-7-5-6-12-22-15)10-11-20-16-8-3-4-9-17(16)23-18(20)21/h3-4,8-9,14-15H,5-7,10-13H2,1-2H3. The smallest absolute Gasteiger partial charge is 0.408 e. The third kappa shape index (κ3) is 3.85. The average Bonchev–Trinajstić information content (AvgIpc) is 2.87. The van der Waals surface area contributed by atoms with E-state index in [4.69, 9.17) is 9.15 Å². The van der Waals surface area contributed by atoms with E-state index in [1.165, 1.54) is 12.8 Å². The van der Waals surface area contributed by atoms with Crippen LogP contribution in [0.2, 0.25) is 0 Å². The highest BCUT2D eigenvalue weighted by Crippen LogP contribution is 2.16. The summed E-state index contributed by atoms with van der Waals surface area (Å²) in [4.78, 5) is 14.5. The molecule has 2 aromatic rings. The van der Waals surface area contributed by atoms with Crippen molar-refractivity contribution in [3.8, 4) is 0 Å². The number of benzene rings is 1. The highest BCUT2D eigenvalue weighted by Gasteiger charge is 2.20. The number of aromatic nitrogens is 1. The molecule has 3 rings (SSSR count). The first-order chi connectivity index (χ1) is 11.1. The minimum absolute atomic E-state index is 0.274. The van der Waals surface area contributed by atoms with Crippen molar-refractivity contribution in [3.05, 3.63) is 34.8 Å². The van der Waals surface area contributed by atoms with Crippen LogP contribution in [0.15, 0.2) is 33.5 Å². The monoisotopic (exact) mass is 318 g/mol. The summed E-state index contributed by atoms with van der Waals surface area (Å²) in [6.45, 7) is 7.66. The lowest BCUT2D eigenvalue weighted by Gasteiger charge is -2.32. The minimum Gasteiger partial charge on any atom is -0.408 e. The number of para-hydroxylation sites is 2. The third-order valence-electron chi connectivity index (χ3n) is 4.63. The van der Waals surface area contributed by atoms with Crippen molar-refractivity contribution >= 4 is 11.1 Å². The van der Waals surface area contributed by atoms with E-state index in [0.29, 0.717) is 24.3 Å². The Kier molecular flexibility index (Phi) is 5.18. The van der Waals surface area contributed by atoms with Gasteiger partial charge in [-0.3, -0.25) is 9.47 Å². The van der Waals surface area contributed by atoms with Gasteiger partial charge in [0.25, 0.3) is 0 Å². The molecule has 1 aromatic carbocycles. The predicted molar refractivity (Wildman–Crippen MR) is 90.8 cm³/mol. The van der Waals surface area contributed by atoms with Crippen LogP contribution in [-0.4, -0.2) is 41.3 Å². The second-order valence-electron chi connectivity index (χ2n) is 6.56. The van der Waals surface area contributed by atoms with Crippen LogP contribution in [-0.2, 0) is 11.3 Å². The fourth-order valence-corrected chi connectivity index (χ4v) is 3.23. The molecular weight excluding hydrogens is 292 g/mol. The quantitative estimate of drug-likeness (QED) is 0.822. The maximum Gasteiger partial charge on any atom is 0.419 e. The zero-order chi connectivity index (χ0) is 16.2. The summed E-state index contributed by atoms with van der Waals surface area (Å²) in [5, 5.41) is 0. The molecule has 0 amide bonds. The number of ether oxygens (including phenoxy) is 1. The summed E-state index contributed by atoms with van der Waals surface area (Å²) in [6.07, 6.45) is 3.89. The SMILES string of the molecule is CC(C)N(CCn1c(=O)oc2ccccc21)CC1CCCCO1. The lowest BCUT2D eigenvalue weighted by molar-refractivity contribution is -0.0117. The van der Waals surface area contributed by atoms with Crippen molar-refractivity contribution < 1.29 is 9.15 Å². The van der Waals surface area contributed by atoms with Crippen molar-refractivity contribution in [3.63, 3.8) is 0 Å². The molecule has 1 saturated heterocycles. The Morgan fingerprint density at radius 2 is 2.13 bits per heavy atom. The molecule has 1 aliphatic rings. The predicted octanol–water partition coefficient (Wildman–Crippen LogP) is 2.87. The summed E-state index contributed by atoms with van der Waals surface area (Å²) in [6, 6.07) is 8.02. The van der Waals surface area contributed by atoms with Gasteiger partial charge in [0.15, 0.2) is 5.58 Å². The molecule has 23 heavy (non-hydrogen) atoms. The molecule has 0 saturated carbocycles. The zero-order valence-corrected chi connectivity index (χ0v) is 14.0. The number of nitrogens with zero attached hydrogens (tertiary/aromatic N) is 2. The van der Waals surface area contributed by atoms with Crippen LogP contribution in [0.4, 0.5) is 0 Å².